The molecular formula is C16H13N5O3. The van der Waals surface area contributed by atoms with Crippen LogP contribution in [0.5, 0.6) is 0 Å². The number of anilines is 1. The minimum Gasteiger partial charge on any atom is -0.310 e. The number of nitrogens with zero attached hydrogens (tertiary/aromatic N) is 5. The molecular weight excluding hydrogens is 310 g/mol. The number of hydrogen-bond acceptors (Lipinski definition) is 6. The van der Waals surface area contributed by atoms with Crippen LogP contribution in [-0.2, 0) is 17.8 Å². The second kappa shape index (κ2) is 5.73. The first-order chi connectivity index (χ1) is 11.7. The molecule has 0 atom stereocenters. The third-order valence-electron chi connectivity index (χ3n) is 3.96. The Bertz CT molecular complexity index is 948. The van der Waals surface area contributed by atoms with Crippen LogP contribution in [0.3, 0.4) is 0 Å². The van der Waals surface area contributed by atoms with Gasteiger partial charge in [-0.1, -0.05) is 23.4 Å². The summed E-state index contributed by atoms with van der Waals surface area (Å²) in [4.78, 5) is 34.3. The van der Waals surface area contributed by atoms with Crippen molar-refractivity contribution in [3.8, 4) is 11.5 Å². The van der Waals surface area contributed by atoms with Crippen molar-refractivity contribution in [3.63, 3.8) is 0 Å². The molecule has 3 aromatic rings. The van der Waals surface area contributed by atoms with Gasteiger partial charge in [0.1, 0.15) is 12.2 Å². The van der Waals surface area contributed by atoms with Crippen LogP contribution in [0.15, 0.2) is 52.2 Å². The molecule has 0 fully saturated rings. The van der Waals surface area contributed by atoms with E-state index >= 15 is 0 Å². The highest BCUT2D eigenvalue weighted by molar-refractivity contribution is 5.95. The molecule has 0 N–H and O–H groups in total. The van der Waals surface area contributed by atoms with E-state index in [-0.39, 0.29) is 18.3 Å². The average molecular weight is 323 g/mol. The number of aromatic nitrogens is 4. The van der Waals surface area contributed by atoms with Crippen LogP contribution in [0.1, 0.15) is 5.56 Å². The lowest BCUT2D eigenvalue weighted by atomic mass is 10.2. The highest BCUT2D eigenvalue weighted by Crippen LogP contribution is 2.27. The number of carbonyl (C=O) groups excluding carboxylic acids is 1. The minimum absolute atomic E-state index is 0.164. The SMILES string of the molecule is O=C(Cn1c(-c2cnccn2)noc1=O)N1CCc2ccccc21. The highest BCUT2D eigenvalue weighted by atomic mass is 16.5. The summed E-state index contributed by atoms with van der Waals surface area (Å²) in [6, 6.07) is 7.74. The summed E-state index contributed by atoms with van der Waals surface area (Å²) in [5.41, 5.74) is 2.38. The third-order valence-corrected chi connectivity index (χ3v) is 3.96. The second-order valence-electron chi connectivity index (χ2n) is 5.37. The van der Waals surface area contributed by atoms with Gasteiger partial charge in [0.15, 0.2) is 0 Å². The zero-order chi connectivity index (χ0) is 16.5. The maximum absolute atomic E-state index is 12.7. The Morgan fingerprint density at radius 3 is 2.96 bits per heavy atom. The highest BCUT2D eigenvalue weighted by Gasteiger charge is 2.26. The zero-order valence-corrected chi connectivity index (χ0v) is 12.6. The fourth-order valence-electron chi connectivity index (χ4n) is 2.82. The van der Waals surface area contributed by atoms with E-state index in [2.05, 4.69) is 15.1 Å². The standard InChI is InChI=1S/C16H13N5O3/c22-14(20-8-5-11-3-1-2-4-13(11)20)10-21-15(19-24-16(21)23)12-9-17-6-7-18-12/h1-4,6-7,9H,5,8,10H2. The van der Waals surface area contributed by atoms with Gasteiger partial charge in [0.2, 0.25) is 11.7 Å². The molecule has 4 rings (SSSR count). The van der Waals surface area contributed by atoms with Gasteiger partial charge in [0, 0.05) is 24.6 Å². The van der Waals surface area contributed by atoms with Crippen molar-refractivity contribution in [1.29, 1.82) is 0 Å². The van der Waals surface area contributed by atoms with E-state index in [9.17, 15) is 9.59 Å². The Morgan fingerprint density at radius 2 is 2.12 bits per heavy atom. The molecule has 8 nitrogen and oxygen atoms in total. The summed E-state index contributed by atoms with van der Waals surface area (Å²) in [5, 5.41) is 3.71. The first kappa shape index (κ1) is 14.3. The second-order valence-corrected chi connectivity index (χ2v) is 5.37. The number of fused-ring (bicyclic) bond motifs is 1. The molecule has 0 radical (unpaired) electrons. The zero-order valence-electron chi connectivity index (χ0n) is 12.6. The van der Waals surface area contributed by atoms with Crippen LogP contribution < -0.4 is 10.7 Å². The van der Waals surface area contributed by atoms with E-state index in [0.29, 0.717) is 12.2 Å². The van der Waals surface area contributed by atoms with Gasteiger partial charge in [-0.05, 0) is 18.1 Å². The van der Waals surface area contributed by atoms with Crippen molar-refractivity contribution in [1.82, 2.24) is 19.7 Å². The number of amides is 1. The van der Waals surface area contributed by atoms with Crippen LogP contribution in [-0.4, -0.2) is 32.1 Å². The van der Waals surface area contributed by atoms with E-state index in [1.807, 2.05) is 24.3 Å². The van der Waals surface area contributed by atoms with E-state index in [1.54, 1.807) is 4.90 Å². The molecule has 1 aliphatic rings. The molecule has 120 valence electrons. The molecule has 1 aliphatic heterocycles. The molecule has 1 amide bonds. The molecule has 0 saturated heterocycles. The van der Waals surface area contributed by atoms with Crippen molar-refractivity contribution < 1.29 is 9.32 Å². The van der Waals surface area contributed by atoms with Gasteiger partial charge in [0.05, 0.1) is 6.20 Å². The molecule has 0 aliphatic carbocycles. The maximum atomic E-state index is 12.7. The summed E-state index contributed by atoms with van der Waals surface area (Å²) < 4.78 is 5.88. The van der Waals surface area contributed by atoms with Gasteiger partial charge >= 0.3 is 5.76 Å². The normalized spacial score (nSPS) is 13.1. The smallest absolute Gasteiger partial charge is 0.310 e. The lowest BCUT2D eigenvalue weighted by molar-refractivity contribution is -0.119. The molecule has 24 heavy (non-hydrogen) atoms. The van der Waals surface area contributed by atoms with Crippen molar-refractivity contribution in [2.45, 2.75) is 13.0 Å². The predicted molar refractivity (Wildman–Crippen MR) is 84.3 cm³/mol. The Hall–Kier alpha value is -3.29. The van der Waals surface area contributed by atoms with Gasteiger partial charge in [-0.3, -0.25) is 14.3 Å². The predicted octanol–water partition coefficient (Wildman–Crippen LogP) is 0.883. The quantitative estimate of drug-likeness (QED) is 0.710. The average Bonchev–Trinajstić information content (AvgIpc) is 3.20. The fraction of sp³-hybridized carbons (Fsp3) is 0.188. The van der Waals surface area contributed by atoms with Crippen LogP contribution >= 0.6 is 0 Å². The van der Waals surface area contributed by atoms with Crippen molar-refractivity contribution in [3.05, 3.63) is 59.0 Å². The summed E-state index contributed by atoms with van der Waals surface area (Å²) >= 11 is 0. The largest absolute Gasteiger partial charge is 0.442 e. The Labute approximate surface area is 136 Å². The summed E-state index contributed by atoms with van der Waals surface area (Å²) in [6.07, 6.45) is 5.26. The van der Waals surface area contributed by atoms with E-state index in [4.69, 9.17) is 4.52 Å². The molecule has 0 unspecified atom stereocenters. The van der Waals surface area contributed by atoms with E-state index < -0.39 is 5.76 Å². The first-order valence-corrected chi connectivity index (χ1v) is 7.45. The lowest BCUT2D eigenvalue weighted by Gasteiger charge is -2.17. The third kappa shape index (κ3) is 2.37. The topological polar surface area (TPSA) is 94.1 Å². The van der Waals surface area contributed by atoms with E-state index in [1.165, 1.54) is 23.2 Å². The van der Waals surface area contributed by atoms with Crippen LogP contribution in [0.2, 0.25) is 0 Å². The van der Waals surface area contributed by atoms with Gasteiger partial charge in [-0.2, -0.15) is 0 Å². The number of carbonyl (C=O) groups is 1. The summed E-state index contributed by atoms with van der Waals surface area (Å²) in [7, 11) is 0. The molecule has 3 heterocycles. The molecule has 0 spiro atoms. The first-order valence-electron chi connectivity index (χ1n) is 7.45. The number of benzene rings is 1. The van der Waals surface area contributed by atoms with Crippen molar-refractivity contribution >= 4 is 11.6 Å². The number of rotatable bonds is 3. The Kier molecular flexibility index (Phi) is 3.42. The molecule has 0 bridgehead atoms. The van der Waals surface area contributed by atoms with Gasteiger partial charge in [-0.15, -0.1) is 0 Å². The molecule has 8 heteroatoms. The van der Waals surface area contributed by atoms with E-state index in [0.717, 1.165) is 17.7 Å². The molecule has 2 aromatic heterocycles. The monoisotopic (exact) mass is 323 g/mol. The number of para-hydroxylation sites is 1. The van der Waals surface area contributed by atoms with Gasteiger partial charge in [-0.25, -0.2) is 14.3 Å². The van der Waals surface area contributed by atoms with Gasteiger partial charge < -0.3 is 4.90 Å². The maximum Gasteiger partial charge on any atom is 0.442 e. The van der Waals surface area contributed by atoms with Gasteiger partial charge in [0.25, 0.3) is 0 Å². The lowest BCUT2D eigenvalue weighted by Crippen LogP contribution is -2.34. The van der Waals surface area contributed by atoms with Crippen LogP contribution in [0.4, 0.5) is 5.69 Å². The van der Waals surface area contributed by atoms with Crippen molar-refractivity contribution in [2.75, 3.05) is 11.4 Å². The Morgan fingerprint density at radius 1 is 1.25 bits per heavy atom. The molecule has 1 aromatic carbocycles. The fourth-order valence-corrected chi connectivity index (χ4v) is 2.82. The molecule has 0 saturated carbocycles. The Balaban J connectivity index is 1.64. The number of hydrogen-bond donors (Lipinski definition) is 0. The van der Waals surface area contributed by atoms with Crippen LogP contribution in [0.25, 0.3) is 11.5 Å². The van der Waals surface area contributed by atoms with Crippen molar-refractivity contribution in [2.24, 2.45) is 0 Å². The van der Waals surface area contributed by atoms with Crippen LogP contribution in [0, 0.1) is 0 Å². The minimum atomic E-state index is -0.698. The summed E-state index contributed by atoms with van der Waals surface area (Å²) in [6.45, 7) is 0.432. The summed E-state index contributed by atoms with van der Waals surface area (Å²) in [5.74, 6) is -0.708.